The van der Waals surface area contributed by atoms with E-state index in [-0.39, 0.29) is 18.6 Å². The van der Waals surface area contributed by atoms with Gasteiger partial charge in [0, 0.05) is 71.0 Å². The first-order valence-corrected chi connectivity index (χ1v) is 14.2. The third-order valence-corrected chi connectivity index (χ3v) is 8.28. The number of aliphatic hydroxyl groups excluding tert-OH is 1. The standard InChI is InChI=1S/C29H42N6O4/c1-20(36)35-11-5-7-22-17-34(18-26(22)35)28-15-27(33(3)23-9-12-38-13-10-23)31-29(32-28)21-6-4-8-25(14-21)39-19-24(37)16-30-2/h4,6,8,14-15,22-24,26,30,37H,5,7,9-13,16-19H2,1-3H3. The molecule has 5 rings (SSSR count). The molecule has 0 aliphatic carbocycles. The summed E-state index contributed by atoms with van der Waals surface area (Å²) in [5.74, 6) is 3.70. The van der Waals surface area contributed by atoms with Crippen LogP contribution in [0.4, 0.5) is 11.6 Å². The molecule has 10 heteroatoms. The fourth-order valence-electron chi connectivity index (χ4n) is 6.12. The van der Waals surface area contributed by atoms with Gasteiger partial charge in [-0.1, -0.05) is 12.1 Å². The van der Waals surface area contributed by atoms with Gasteiger partial charge in [0.25, 0.3) is 0 Å². The molecule has 3 fully saturated rings. The van der Waals surface area contributed by atoms with Crippen molar-refractivity contribution in [2.45, 2.75) is 50.8 Å². The Labute approximate surface area is 231 Å². The number of rotatable bonds is 9. The van der Waals surface area contributed by atoms with E-state index in [0.29, 0.717) is 30.1 Å². The summed E-state index contributed by atoms with van der Waals surface area (Å²) in [7, 11) is 3.91. The summed E-state index contributed by atoms with van der Waals surface area (Å²) in [4.78, 5) is 29.1. The molecule has 4 heterocycles. The lowest BCUT2D eigenvalue weighted by molar-refractivity contribution is -0.132. The average molecular weight is 539 g/mol. The van der Waals surface area contributed by atoms with Gasteiger partial charge in [0.05, 0.1) is 6.04 Å². The van der Waals surface area contributed by atoms with E-state index >= 15 is 0 Å². The Morgan fingerprint density at radius 3 is 2.82 bits per heavy atom. The number of aliphatic hydroxyl groups is 1. The van der Waals surface area contributed by atoms with Crippen LogP contribution in [-0.4, -0.2) is 104 Å². The van der Waals surface area contributed by atoms with Crippen molar-refractivity contribution in [2.75, 3.05) is 69.9 Å². The van der Waals surface area contributed by atoms with Crippen molar-refractivity contribution in [3.8, 4) is 17.1 Å². The summed E-state index contributed by atoms with van der Waals surface area (Å²) >= 11 is 0. The SMILES string of the molecule is CNCC(O)COc1cccc(-c2nc(N3CC4CCCN(C(C)=O)C4C3)cc(N(C)C3CCOCC3)n2)c1. The summed E-state index contributed by atoms with van der Waals surface area (Å²) in [6, 6.07) is 10.4. The van der Waals surface area contributed by atoms with Crippen LogP contribution in [0.25, 0.3) is 11.4 Å². The Kier molecular flexibility index (Phi) is 8.84. The first-order chi connectivity index (χ1) is 18.9. The second kappa shape index (κ2) is 12.5. The van der Waals surface area contributed by atoms with E-state index in [2.05, 4.69) is 33.1 Å². The first-order valence-electron chi connectivity index (χ1n) is 14.2. The van der Waals surface area contributed by atoms with Crippen LogP contribution >= 0.6 is 0 Å². The van der Waals surface area contributed by atoms with Crippen LogP contribution in [0, 0.1) is 5.92 Å². The third kappa shape index (κ3) is 6.45. The van der Waals surface area contributed by atoms with Crippen LogP contribution in [0.1, 0.15) is 32.6 Å². The Morgan fingerprint density at radius 1 is 1.23 bits per heavy atom. The van der Waals surface area contributed by atoms with Gasteiger partial charge in [-0.3, -0.25) is 4.79 Å². The Hall–Kier alpha value is -2.95. The number of anilines is 2. The molecule has 2 aromatic rings. The topological polar surface area (TPSA) is 103 Å². The molecule has 212 valence electrons. The van der Waals surface area contributed by atoms with Gasteiger partial charge in [-0.05, 0) is 50.8 Å². The van der Waals surface area contributed by atoms with Crippen LogP contribution in [0.15, 0.2) is 30.3 Å². The number of hydrogen-bond acceptors (Lipinski definition) is 9. The number of ether oxygens (including phenoxy) is 2. The molecule has 10 nitrogen and oxygen atoms in total. The number of fused-ring (bicyclic) bond motifs is 1. The number of carbonyl (C=O) groups excluding carboxylic acids is 1. The zero-order valence-corrected chi connectivity index (χ0v) is 23.4. The lowest BCUT2D eigenvalue weighted by Gasteiger charge is -2.36. The predicted octanol–water partition coefficient (Wildman–Crippen LogP) is 2.17. The number of benzene rings is 1. The molecular weight excluding hydrogens is 496 g/mol. The Balaban J connectivity index is 1.45. The van der Waals surface area contributed by atoms with Crippen molar-refractivity contribution >= 4 is 17.5 Å². The molecule has 3 aliphatic heterocycles. The van der Waals surface area contributed by atoms with Crippen LogP contribution in [-0.2, 0) is 9.53 Å². The fourth-order valence-corrected chi connectivity index (χ4v) is 6.12. The van der Waals surface area contributed by atoms with Crippen LogP contribution < -0.4 is 19.9 Å². The van der Waals surface area contributed by atoms with Crippen molar-refractivity contribution in [3.63, 3.8) is 0 Å². The van der Waals surface area contributed by atoms with Crippen LogP contribution in [0.2, 0.25) is 0 Å². The monoisotopic (exact) mass is 538 g/mol. The summed E-state index contributed by atoms with van der Waals surface area (Å²) in [5.41, 5.74) is 0.862. The maximum Gasteiger partial charge on any atom is 0.219 e. The van der Waals surface area contributed by atoms with E-state index in [4.69, 9.17) is 19.4 Å². The fraction of sp³-hybridized carbons (Fsp3) is 0.621. The maximum absolute atomic E-state index is 12.3. The highest BCUT2D eigenvalue weighted by atomic mass is 16.5. The van der Waals surface area contributed by atoms with Gasteiger partial charge in [0.2, 0.25) is 5.91 Å². The third-order valence-electron chi connectivity index (χ3n) is 8.28. The second-order valence-corrected chi connectivity index (χ2v) is 11.0. The number of nitrogens with zero attached hydrogens (tertiary/aromatic N) is 5. The lowest BCUT2D eigenvalue weighted by Crippen LogP contribution is -2.47. The zero-order valence-electron chi connectivity index (χ0n) is 23.4. The highest BCUT2D eigenvalue weighted by Gasteiger charge is 2.40. The highest BCUT2D eigenvalue weighted by Crippen LogP contribution is 2.35. The predicted molar refractivity (Wildman–Crippen MR) is 151 cm³/mol. The number of piperidine rings is 1. The molecule has 3 unspecified atom stereocenters. The number of aromatic nitrogens is 2. The number of nitrogens with one attached hydrogen (secondary N) is 1. The lowest BCUT2D eigenvalue weighted by atomic mass is 9.92. The van der Waals surface area contributed by atoms with Gasteiger partial charge in [0.15, 0.2) is 5.82 Å². The molecule has 3 saturated heterocycles. The molecule has 1 aromatic heterocycles. The van der Waals surface area contributed by atoms with Gasteiger partial charge in [-0.2, -0.15) is 0 Å². The number of amides is 1. The van der Waals surface area contributed by atoms with E-state index in [9.17, 15) is 9.90 Å². The summed E-state index contributed by atoms with van der Waals surface area (Å²) in [6.45, 7) is 6.38. The Bertz CT molecular complexity index is 1130. The molecule has 39 heavy (non-hydrogen) atoms. The molecule has 3 atom stereocenters. The molecular formula is C29H42N6O4. The van der Waals surface area contributed by atoms with Gasteiger partial charge in [0.1, 0.15) is 30.1 Å². The molecule has 1 aromatic carbocycles. The van der Waals surface area contributed by atoms with Gasteiger partial charge >= 0.3 is 0 Å². The zero-order chi connectivity index (χ0) is 27.4. The minimum Gasteiger partial charge on any atom is -0.491 e. The van der Waals surface area contributed by atoms with Crippen molar-refractivity contribution in [3.05, 3.63) is 30.3 Å². The quantitative estimate of drug-likeness (QED) is 0.497. The van der Waals surface area contributed by atoms with E-state index in [0.717, 1.165) is 75.7 Å². The number of likely N-dealkylation sites (N-methyl/N-ethyl adjacent to an activating group) is 1. The molecule has 0 bridgehead atoms. The van der Waals surface area contributed by atoms with Gasteiger partial charge < -0.3 is 34.6 Å². The second-order valence-electron chi connectivity index (χ2n) is 11.0. The minimum absolute atomic E-state index is 0.159. The minimum atomic E-state index is -0.591. The molecule has 1 amide bonds. The van der Waals surface area contributed by atoms with E-state index in [1.165, 1.54) is 0 Å². The average Bonchev–Trinajstić information content (AvgIpc) is 3.41. The highest BCUT2D eigenvalue weighted by molar-refractivity contribution is 5.74. The number of hydrogen-bond donors (Lipinski definition) is 2. The van der Waals surface area contributed by atoms with Gasteiger partial charge in [-0.15, -0.1) is 0 Å². The van der Waals surface area contributed by atoms with Crippen molar-refractivity contribution in [1.82, 2.24) is 20.2 Å². The summed E-state index contributed by atoms with van der Waals surface area (Å²) in [5, 5.41) is 13.0. The normalized spacial score (nSPS) is 22.5. The summed E-state index contributed by atoms with van der Waals surface area (Å²) < 4.78 is 11.5. The van der Waals surface area contributed by atoms with Gasteiger partial charge in [-0.25, -0.2) is 9.97 Å². The molecule has 0 saturated carbocycles. The first kappa shape index (κ1) is 27.6. The number of carbonyl (C=O) groups is 1. The van der Waals surface area contributed by atoms with Crippen LogP contribution in [0.5, 0.6) is 5.75 Å². The maximum atomic E-state index is 12.3. The summed E-state index contributed by atoms with van der Waals surface area (Å²) in [6.07, 6.45) is 3.52. The molecule has 0 spiro atoms. The van der Waals surface area contributed by atoms with Crippen LogP contribution in [0.3, 0.4) is 0 Å². The largest absolute Gasteiger partial charge is 0.491 e. The Morgan fingerprint density at radius 2 is 2.05 bits per heavy atom. The molecule has 0 radical (unpaired) electrons. The van der Waals surface area contributed by atoms with Crippen molar-refractivity contribution in [1.29, 1.82) is 0 Å². The molecule has 3 aliphatic rings. The van der Waals surface area contributed by atoms with E-state index in [1.807, 2.05) is 24.3 Å². The van der Waals surface area contributed by atoms with E-state index < -0.39 is 6.10 Å². The van der Waals surface area contributed by atoms with Crippen molar-refractivity contribution < 1.29 is 19.4 Å². The van der Waals surface area contributed by atoms with E-state index in [1.54, 1.807) is 14.0 Å². The molecule has 2 N–H and O–H groups in total. The number of likely N-dealkylation sites (tertiary alicyclic amines) is 1. The smallest absolute Gasteiger partial charge is 0.219 e. The van der Waals surface area contributed by atoms with Crippen molar-refractivity contribution in [2.24, 2.45) is 5.92 Å².